The summed E-state index contributed by atoms with van der Waals surface area (Å²) in [6.45, 7) is 17.3. The standard InChI is InChI=1S/C81H129NO7/c1-6-9-11-13-15-17-19-21-23-25-27-29-31-33-35-41-68(4)88-77-55-51-72(52-56-77)65-69(5)87-64-61-70(40-8-3)42-37-38-45-80(85)82-62-59-75(60-63-82)79(84)67-74-49-47-71(48-50-74)43-39-44-76(83)66-73-53-57-78(58-54-73)89-81(86)46-36-34-32-30-28-26-24-22-20-18-16-14-12-10-7-2/h21-24,51-58,70-71,74-75H,4-20,25-50,59-67H2,1-3H3/b23-21-,24-22-. The van der Waals surface area contributed by atoms with Crippen LogP contribution in [0.3, 0.4) is 0 Å². The van der Waals surface area contributed by atoms with Crippen molar-refractivity contribution in [1.29, 1.82) is 0 Å². The number of amides is 1. The van der Waals surface area contributed by atoms with E-state index in [2.05, 4.69) is 70.4 Å². The molecule has 1 atom stereocenters. The lowest BCUT2D eigenvalue weighted by Crippen LogP contribution is -2.40. The first-order chi connectivity index (χ1) is 43.5. The number of benzene rings is 2. The van der Waals surface area contributed by atoms with Gasteiger partial charge in [-0.2, -0.15) is 0 Å². The van der Waals surface area contributed by atoms with Gasteiger partial charge in [0.25, 0.3) is 0 Å². The average molecular weight is 1230 g/mol. The highest BCUT2D eigenvalue weighted by Gasteiger charge is 2.30. The lowest BCUT2D eigenvalue weighted by atomic mass is 9.76. The van der Waals surface area contributed by atoms with Crippen molar-refractivity contribution in [3.8, 4) is 11.5 Å². The third-order valence-corrected chi connectivity index (χ3v) is 19.1. The number of hydrogen-bond acceptors (Lipinski definition) is 7. The van der Waals surface area contributed by atoms with E-state index in [1.54, 1.807) is 0 Å². The Balaban J connectivity index is 0.945. The Morgan fingerprint density at radius 2 is 0.955 bits per heavy atom. The summed E-state index contributed by atoms with van der Waals surface area (Å²) in [5, 5.41) is 0. The molecule has 8 nitrogen and oxygen atoms in total. The number of esters is 1. The number of rotatable bonds is 55. The molecule has 1 amide bonds. The van der Waals surface area contributed by atoms with Crippen molar-refractivity contribution in [3.63, 3.8) is 0 Å². The van der Waals surface area contributed by atoms with Crippen LogP contribution in [0.2, 0.25) is 0 Å². The van der Waals surface area contributed by atoms with Crippen molar-refractivity contribution in [2.45, 2.75) is 323 Å². The minimum Gasteiger partial charge on any atom is -0.498 e. The van der Waals surface area contributed by atoms with Crippen molar-refractivity contribution < 1.29 is 33.4 Å². The molecule has 0 spiro atoms. The van der Waals surface area contributed by atoms with Gasteiger partial charge in [0.05, 0.1) is 18.1 Å². The maximum Gasteiger partial charge on any atom is 0.311 e. The van der Waals surface area contributed by atoms with Gasteiger partial charge in [0.15, 0.2) is 0 Å². The molecule has 8 heteroatoms. The summed E-state index contributed by atoms with van der Waals surface area (Å²) in [5.41, 5.74) is 2.11. The molecule has 4 rings (SSSR count). The van der Waals surface area contributed by atoms with Crippen molar-refractivity contribution in [2.75, 3.05) is 19.7 Å². The zero-order chi connectivity index (χ0) is 63.6. The van der Waals surface area contributed by atoms with E-state index in [0.717, 1.165) is 150 Å². The summed E-state index contributed by atoms with van der Waals surface area (Å²) in [6, 6.07) is 15.7. The second-order valence-electron chi connectivity index (χ2n) is 27.1. The summed E-state index contributed by atoms with van der Waals surface area (Å²) >= 11 is 0. The molecule has 89 heavy (non-hydrogen) atoms. The first kappa shape index (κ1) is 76.7. The van der Waals surface area contributed by atoms with E-state index < -0.39 is 0 Å². The van der Waals surface area contributed by atoms with Gasteiger partial charge in [-0.25, -0.2) is 0 Å². The van der Waals surface area contributed by atoms with Gasteiger partial charge in [-0.15, -0.1) is 0 Å². The van der Waals surface area contributed by atoms with Crippen LogP contribution in [-0.4, -0.2) is 48.0 Å². The Labute approximate surface area is 545 Å². The predicted molar refractivity (Wildman–Crippen MR) is 374 cm³/mol. The quantitative estimate of drug-likeness (QED) is 0.0214. The highest BCUT2D eigenvalue weighted by molar-refractivity contribution is 5.82. The summed E-state index contributed by atoms with van der Waals surface area (Å²) in [4.78, 5) is 54.1. The van der Waals surface area contributed by atoms with Crippen LogP contribution in [0.25, 0.3) is 0 Å². The molecule has 1 aliphatic heterocycles. The molecule has 2 aromatic carbocycles. The molecule has 1 unspecified atom stereocenters. The van der Waals surface area contributed by atoms with Gasteiger partial charge in [-0.3, -0.25) is 19.2 Å². The van der Waals surface area contributed by atoms with E-state index in [-0.39, 0.29) is 23.6 Å². The number of ketones is 2. The van der Waals surface area contributed by atoms with E-state index in [1.165, 1.54) is 141 Å². The smallest absolute Gasteiger partial charge is 0.311 e. The van der Waals surface area contributed by atoms with E-state index in [9.17, 15) is 19.2 Å². The van der Waals surface area contributed by atoms with Gasteiger partial charge in [-0.05, 0) is 162 Å². The first-order valence-corrected chi connectivity index (χ1v) is 37.2. The SMILES string of the molecule is C=C(Cc1ccc(OC(=C)CCCCCCC/C=C\CCCCCCCC)cc1)OCCC(CCC)CCCCC(=O)N1CCC(C(=O)CC2CCC(CCCC(=O)Cc3ccc(OC(=O)CCCCCCC/C=C\CCCCCCCC)cc3)CC2)CC1. The third-order valence-electron chi connectivity index (χ3n) is 19.1. The van der Waals surface area contributed by atoms with Crippen molar-refractivity contribution in [1.82, 2.24) is 4.90 Å². The Morgan fingerprint density at radius 1 is 0.472 bits per heavy atom. The van der Waals surface area contributed by atoms with Gasteiger partial charge in [0.1, 0.15) is 23.1 Å². The summed E-state index contributed by atoms with van der Waals surface area (Å²) in [6.07, 6.45) is 61.0. The van der Waals surface area contributed by atoms with Gasteiger partial charge in [0.2, 0.25) is 5.91 Å². The Morgan fingerprint density at radius 3 is 1.51 bits per heavy atom. The van der Waals surface area contributed by atoms with Crippen LogP contribution in [0, 0.1) is 23.7 Å². The first-order valence-electron chi connectivity index (χ1n) is 37.2. The van der Waals surface area contributed by atoms with Gasteiger partial charge in [0, 0.05) is 64.0 Å². The lowest BCUT2D eigenvalue weighted by Gasteiger charge is -2.33. The molecule has 0 N–H and O–H groups in total. The van der Waals surface area contributed by atoms with Crippen LogP contribution in [0.4, 0.5) is 0 Å². The molecule has 1 heterocycles. The van der Waals surface area contributed by atoms with E-state index >= 15 is 0 Å². The second kappa shape index (κ2) is 50.9. The fourth-order valence-corrected chi connectivity index (χ4v) is 13.4. The number of hydrogen-bond donors (Lipinski definition) is 0. The molecule has 0 bridgehead atoms. The molecule has 500 valence electrons. The number of nitrogens with zero attached hydrogens (tertiary/aromatic N) is 1. The van der Waals surface area contributed by atoms with Crippen molar-refractivity contribution >= 4 is 23.4 Å². The zero-order valence-electron chi connectivity index (χ0n) is 57.3. The van der Waals surface area contributed by atoms with Gasteiger partial charge < -0.3 is 19.1 Å². The Kier molecular flexibility index (Phi) is 43.9. The molecule has 0 aromatic heterocycles. The second-order valence-corrected chi connectivity index (χ2v) is 27.1. The molecular formula is C81H129NO7. The van der Waals surface area contributed by atoms with Gasteiger partial charge in [-0.1, -0.05) is 230 Å². The maximum absolute atomic E-state index is 13.5. The number of piperidine rings is 1. The van der Waals surface area contributed by atoms with Gasteiger partial charge >= 0.3 is 5.97 Å². The molecule has 2 aromatic rings. The number of carbonyl (C=O) groups is 4. The third kappa shape index (κ3) is 38.7. The number of allylic oxidation sites excluding steroid dienone is 6. The van der Waals surface area contributed by atoms with Crippen LogP contribution >= 0.6 is 0 Å². The highest BCUT2D eigenvalue weighted by atomic mass is 16.5. The topological polar surface area (TPSA) is 99.2 Å². The molecule has 0 radical (unpaired) electrons. The number of likely N-dealkylation sites (tertiary alicyclic amines) is 1. The minimum atomic E-state index is -0.185. The Hall–Kier alpha value is -4.72. The monoisotopic (exact) mass is 1230 g/mol. The zero-order valence-corrected chi connectivity index (χ0v) is 57.3. The molecule has 2 aliphatic rings. The van der Waals surface area contributed by atoms with Crippen LogP contribution in [-0.2, 0) is 36.8 Å². The Bertz CT molecular complexity index is 2230. The fraction of sp³-hybridized carbons (Fsp3) is 0.704. The largest absolute Gasteiger partial charge is 0.498 e. The highest BCUT2D eigenvalue weighted by Crippen LogP contribution is 2.35. The number of unbranched alkanes of at least 4 members (excludes halogenated alkanes) is 23. The summed E-state index contributed by atoms with van der Waals surface area (Å²) in [7, 11) is 0. The maximum atomic E-state index is 13.5. The molecule has 1 aliphatic carbocycles. The van der Waals surface area contributed by atoms with Crippen molar-refractivity contribution in [3.05, 3.63) is 109 Å². The number of carbonyl (C=O) groups excluding carboxylic acids is 4. The predicted octanol–water partition coefficient (Wildman–Crippen LogP) is 23.0. The normalized spacial score (nSPS) is 15.8. The van der Waals surface area contributed by atoms with E-state index in [0.29, 0.717) is 87.5 Å². The lowest BCUT2D eigenvalue weighted by molar-refractivity contribution is -0.135. The minimum absolute atomic E-state index is 0.0807. The fourth-order valence-electron chi connectivity index (χ4n) is 13.4. The van der Waals surface area contributed by atoms with Crippen LogP contribution in [0.1, 0.15) is 321 Å². The molecular weight excluding hydrogens is 1100 g/mol. The van der Waals surface area contributed by atoms with Crippen LogP contribution in [0.5, 0.6) is 11.5 Å². The number of Topliss-reactive ketones (excluding diaryl/α,β-unsaturated/α-hetero) is 2. The van der Waals surface area contributed by atoms with E-state index in [1.807, 2.05) is 41.3 Å². The summed E-state index contributed by atoms with van der Waals surface area (Å²) < 4.78 is 17.8. The van der Waals surface area contributed by atoms with Crippen LogP contribution in [0.15, 0.2) is 97.5 Å². The van der Waals surface area contributed by atoms with Crippen LogP contribution < -0.4 is 9.47 Å². The molecule has 1 saturated heterocycles. The summed E-state index contributed by atoms with van der Waals surface area (Å²) in [5.74, 6) is 5.47. The number of ether oxygens (including phenoxy) is 3. The molecule has 1 saturated carbocycles. The molecule has 2 fully saturated rings. The van der Waals surface area contributed by atoms with Crippen molar-refractivity contribution in [2.24, 2.45) is 23.7 Å². The average Bonchev–Trinajstić information content (AvgIpc) is 3.65. The van der Waals surface area contributed by atoms with E-state index in [4.69, 9.17) is 14.2 Å².